The van der Waals surface area contributed by atoms with Gasteiger partial charge in [0.2, 0.25) is 0 Å². The molecule has 1 atom stereocenters. The molecule has 23 heavy (non-hydrogen) atoms. The Kier molecular flexibility index (Phi) is 6.73. The Balaban J connectivity index is 2.97. The number of benzene rings is 1. The van der Waals surface area contributed by atoms with Gasteiger partial charge in [0.25, 0.3) is 5.91 Å². The number of amides is 1. The van der Waals surface area contributed by atoms with Crippen molar-refractivity contribution in [2.45, 2.75) is 45.6 Å². The number of rotatable bonds is 7. The molecule has 0 aliphatic rings. The molecule has 0 aliphatic heterocycles. The molecule has 0 radical (unpaired) electrons. The molecule has 6 nitrogen and oxygen atoms in total. The summed E-state index contributed by atoms with van der Waals surface area (Å²) in [7, 11) is 1.49. The van der Waals surface area contributed by atoms with E-state index in [2.05, 4.69) is 5.32 Å². The molecule has 0 aliphatic carbocycles. The minimum Gasteiger partial charge on any atom is -0.427 e. The zero-order valence-corrected chi connectivity index (χ0v) is 13.9. The normalized spacial score (nSPS) is 12.8. The van der Waals surface area contributed by atoms with Crippen molar-refractivity contribution in [3.8, 4) is 11.8 Å². The van der Waals surface area contributed by atoms with Crippen LogP contribution in [0.2, 0.25) is 0 Å². The third-order valence-corrected chi connectivity index (χ3v) is 3.56. The quantitative estimate of drug-likeness (QED) is 0.616. The van der Waals surface area contributed by atoms with Gasteiger partial charge in [0, 0.05) is 20.1 Å². The van der Waals surface area contributed by atoms with Gasteiger partial charge in [0.1, 0.15) is 17.4 Å². The number of carbonyl (C=O) groups excluding carboxylic acids is 2. The lowest BCUT2D eigenvalue weighted by atomic mass is 9.97. The predicted octanol–water partition coefficient (Wildman–Crippen LogP) is 3.02. The summed E-state index contributed by atoms with van der Waals surface area (Å²) in [4.78, 5) is 23.4. The fraction of sp³-hybridized carbons (Fsp3) is 0.471. The van der Waals surface area contributed by atoms with Gasteiger partial charge in [-0.25, -0.2) is 0 Å². The van der Waals surface area contributed by atoms with Crippen molar-refractivity contribution in [1.82, 2.24) is 0 Å². The Labute approximate surface area is 136 Å². The minimum absolute atomic E-state index is 0.214. The van der Waals surface area contributed by atoms with E-state index >= 15 is 0 Å². The molecule has 1 aromatic rings. The highest BCUT2D eigenvalue weighted by Crippen LogP contribution is 2.25. The molecule has 1 aromatic carbocycles. The minimum atomic E-state index is -0.961. The number of nitriles is 1. The van der Waals surface area contributed by atoms with Crippen molar-refractivity contribution in [2.75, 3.05) is 12.4 Å². The lowest BCUT2D eigenvalue weighted by molar-refractivity contribution is -0.136. The van der Waals surface area contributed by atoms with E-state index in [-0.39, 0.29) is 17.2 Å². The van der Waals surface area contributed by atoms with Crippen LogP contribution in [0.1, 0.15) is 45.6 Å². The highest BCUT2D eigenvalue weighted by Gasteiger charge is 2.32. The summed E-state index contributed by atoms with van der Waals surface area (Å²) in [6.07, 6.45) is 2.39. The van der Waals surface area contributed by atoms with Crippen molar-refractivity contribution in [3.63, 3.8) is 0 Å². The summed E-state index contributed by atoms with van der Waals surface area (Å²) in [5, 5.41) is 11.9. The fourth-order valence-corrected chi connectivity index (χ4v) is 2.03. The number of unbranched alkanes of at least 4 members (excludes halogenated alkanes) is 1. The van der Waals surface area contributed by atoms with Crippen molar-refractivity contribution >= 4 is 17.6 Å². The first-order valence-corrected chi connectivity index (χ1v) is 7.45. The lowest BCUT2D eigenvalue weighted by Gasteiger charge is -2.27. The van der Waals surface area contributed by atoms with Gasteiger partial charge < -0.3 is 14.8 Å². The van der Waals surface area contributed by atoms with Crippen molar-refractivity contribution < 1.29 is 19.1 Å². The number of ether oxygens (including phenoxy) is 2. The summed E-state index contributed by atoms with van der Waals surface area (Å²) < 4.78 is 10.3. The Morgan fingerprint density at radius 1 is 1.39 bits per heavy atom. The van der Waals surface area contributed by atoms with E-state index in [0.29, 0.717) is 12.1 Å². The number of nitrogens with one attached hydrogen (secondary N) is 1. The molecule has 0 bridgehead atoms. The van der Waals surface area contributed by atoms with Gasteiger partial charge in [-0.3, -0.25) is 9.59 Å². The number of methoxy groups -OCH3 is 1. The topological polar surface area (TPSA) is 88.4 Å². The van der Waals surface area contributed by atoms with Gasteiger partial charge in [0.15, 0.2) is 0 Å². The van der Waals surface area contributed by atoms with E-state index in [4.69, 9.17) is 9.47 Å². The van der Waals surface area contributed by atoms with Gasteiger partial charge in [-0.15, -0.1) is 0 Å². The SMILES string of the molecule is CCCC[C@@](C)(OC)C(=O)Nc1ccc(OC(C)=O)cc1C#N. The molecular weight excluding hydrogens is 296 g/mol. The largest absolute Gasteiger partial charge is 0.427 e. The molecule has 0 heterocycles. The Hall–Kier alpha value is -2.39. The number of hydrogen-bond donors (Lipinski definition) is 1. The first-order valence-electron chi connectivity index (χ1n) is 7.45. The second-order valence-electron chi connectivity index (χ2n) is 5.41. The number of esters is 1. The summed E-state index contributed by atoms with van der Waals surface area (Å²) >= 11 is 0. The van der Waals surface area contributed by atoms with Crippen LogP contribution in [0.5, 0.6) is 5.75 Å². The van der Waals surface area contributed by atoms with Crippen LogP contribution in [0.15, 0.2) is 18.2 Å². The molecule has 1 N–H and O–H groups in total. The van der Waals surface area contributed by atoms with Crippen molar-refractivity contribution in [1.29, 1.82) is 5.26 Å². The molecule has 0 unspecified atom stereocenters. The highest BCUT2D eigenvalue weighted by atomic mass is 16.5. The van der Waals surface area contributed by atoms with Crippen LogP contribution in [-0.4, -0.2) is 24.6 Å². The molecule has 124 valence electrons. The molecule has 0 fully saturated rings. The van der Waals surface area contributed by atoms with E-state index in [9.17, 15) is 14.9 Å². The Bertz CT molecular complexity index is 622. The maximum Gasteiger partial charge on any atom is 0.308 e. The van der Waals surface area contributed by atoms with E-state index in [1.54, 1.807) is 6.92 Å². The fourth-order valence-electron chi connectivity index (χ4n) is 2.03. The predicted molar refractivity (Wildman–Crippen MR) is 86.0 cm³/mol. The Morgan fingerprint density at radius 2 is 2.09 bits per heavy atom. The first-order chi connectivity index (χ1) is 10.9. The summed E-state index contributed by atoms with van der Waals surface area (Å²) in [6.45, 7) is 5.03. The van der Waals surface area contributed by atoms with Gasteiger partial charge >= 0.3 is 5.97 Å². The van der Waals surface area contributed by atoms with E-state index in [1.165, 1.54) is 32.2 Å². The Morgan fingerprint density at radius 3 is 2.61 bits per heavy atom. The maximum atomic E-state index is 12.5. The summed E-state index contributed by atoms with van der Waals surface area (Å²) in [6, 6.07) is 6.44. The van der Waals surface area contributed by atoms with Gasteiger partial charge in [0.05, 0.1) is 11.3 Å². The third kappa shape index (κ3) is 5.08. The van der Waals surface area contributed by atoms with Gasteiger partial charge in [-0.05, 0) is 25.5 Å². The molecule has 1 rings (SSSR count). The van der Waals surface area contributed by atoms with Crippen LogP contribution in [0.25, 0.3) is 0 Å². The highest BCUT2D eigenvalue weighted by molar-refractivity contribution is 5.98. The molecule has 1 amide bonds. The average Bonchev–Trinajstić information content (AvgIpc) is 2.53. The smallest absolute Gasteiger partial charge is 0.308 e. The van der Waals surface area contributed by atoms with Crippen LogP contribution in [0.3, 0.4) is 0 Å². The standard InChI is InChI=1S/C17H22N2O4/c1-5-6-9-17(3,22-4)16(21)19-15-8-7-14(23-12(2)20)10-13(15)11-18/h7-8,10H,5-6,9H2,1-4H3,(H,19,21)/t17-/m1/s1. The van der Waals surface area contributed by atoms with E-state index in [0.717, 1.165) is 12.8 Å². The van der Waals surface area contributed by atoms with E-state index in [1.807, 2.05) is 13.0 Å². The van der Waals surface area contributed by atoms with Crippen LogP contribution >= 0.6 is 0 Å². The summed E-state index contributed by atoms with van der Waals surface area (Å²) in [5.74, 6) is -0.532. The third-order valence-electron chi connectivity index (χ3n) is 3.56. The zero-order valence-electron chi connectivity index (χ0n) is 13.9. The number of carbonyl (C=O) groups is 2. The lowest BCUT2D eigenvalue weighted by Crippen LogP contribution is -2.42. The van der Waals surface area contributed by atoms with E-state index < -0.39 is 11.6 Å². The first kappa shape index (κ1) is 18.7. The zero-order chi connectivity index (χ0) is 17.5. The van der Waals surface area contributed by atoms with Gasteiger partial charge in [-0.2, -0.15) is 5.26 Å². The second kappa shape index (κ2) is 8.30. The number of hydrogen-bond acceptors (Lipinski definition) is 5. The van der Waals surface area contributed by atoms with Crippen LogP contribution < -0.4 is 10.1 Å². The molecule has 0 aromatic heterocycles. The van der Waals surface area contributed by atoms with Crippen LogP contribution in [-0.2, 0) is 14.3 Å². The van der Waals surface area contributed by atoms with Crippen LogP contribution in [0.4, 0.5) is 5.69 Å². The molecule has 6 heteroatoms. The van der Waals surface area contributed by atoms with Crippen LogP contribution in [0, 0.1) is 11.3 Å². The number of nitrogens with zero attached hydrogens (tertiary/aromatic N) is 1. The molecular formula is C17H22N2O4. The second-order valence-corrected chi connectivity index (χ2v) is 5.41. The monoisotopic (exact) mass is 318 g/mol. The number of anilines is 1. The molecule has 0 spiro atoms. The van der Waals surface area contributed by atoms with Gasteiger partial charge in [-0.1, -0.05) is 19.8 Å². The molecule has 0 saturated carbocycles. The van der Waals surface area contributed by atoms with Crippen molar-refractivity contribution in [2.24, 2.45) is 0 Å². The molecule has 0 saturated heterocycles. The summed E-state index contributed by atoms with van der Waals surface area (Å²) in [5.41, 5.74) is -0.392. The van der Waals surface area contributed by atoms with Crippen molar-refractivity contribution in [3.05, 3.63) is 23.8 Å². The average molecular weight is 318 g/mol. The maximum absolute atomic E-state index is 12.5.